The van der Waals surface area contributed by atoms with E-state index in [1.54, 1.807) is 12.1 Å². The number of nitrogens with zero attached hydrogens (tertiary/aromatic N) is 1. The van der Waals surface area contributed by atoms with Gasteiger partial charge in [0.2, 0.25) is 0 Å². The van der Waals surface area contributed by atoms with Crippen LogP contribution in [0.1, 0.15) is 48.0 Å². The van der Waals surface area contributed by atoms with Crippen molar-refractivity contribution in [3.05, 3.63) is 59.7 Å². The molecular formula is C22H25NO3. The molecule has 2 heterocycles. The van der Waals surface area contributed by atoms with Crippen molar-refractivity contribution in [1.82, 2.24) is 4.90 Å². The van der Waals surface area contributed by atoms with Crippen LogP contribution in [0.15, 0.2) is 48.5 Å². The maximum atomic E-state index is 12.4. The summed E-state index contributed by atoms with van der Waals surface area (Å²) >= 11 is 0. The molecule has 2 aliphatic heterocycles. The molecule has 2 aromatic carbocycles. The number of ether oxygens (including phenoxy) is 2. The standard InChI is InChI=1S/C22H25NO3/c1-2-13-23-14-7-11-17-18-10-6-12-20(21(18)25-15-19(17)23)26-22(24)16-8-4-3-5-9-16/h3-6,8-10,12,17,19H,2,7,11,13-15H2,1H3/t17-,19-/m0/s1. The average molecular weight is 351 g/mol. The number of hydrogen-bond acceptors (Lipinski definition) is 4. The first-order valence-corrected chi connectivity index (χ1v) is 9.55. The van der Waals surface area contributed by atoms with Gasteiger partial charge in [-0.15, -0.1) is 0 Å². The number of para-hydroxylation sites is 1. The summed E-state index contributed by atoms with van der Waals surface area (Å²) in [6.45, 7) is 5.15. The lowest BCUT2D eigenvalue weighted by Crippen LogP contribution is -2.49. The van der Waals surface area contributed by atoms with E-state index in [1.165, 1.54) is 12.0 Å². The second-order valence-corrected chi connectivity index (χ2v) is 7.09. The van der Waals surface area contributed by atoms with Gasteiger partial charge in [0.1, 0.15) is 6.61 Å². The van der Waals surface area contributed by atoms with Crippen LogP contribution in [0.2, 0.25) is 0 Å². The van der Waals surface area contributed by atoms with Gasteiger partial charge in [-0.3, -0.25) is 4.90 Å². The van der Waals surface area contributed by atoms with Crippen molar-refractivity contribution in [3.8, 4) is 11.5 Å². The normalized spacial score (nSPS) is 22.0. The van der Waals surface area contributed by atoms with E-state index in [0.717, 1.165) is 31.7 Å². The van der Waals surface area contributed by atoms with Gasteiger partial charge in [-0.1, -0.05) is 37.3 Å². The zero-order chi connectivity index (χ0) is 17.9. The Kier molecular flexibility index (Phi) is 4.93. The number of fused-ring (bicyclic) bond motifs is 3. The molecule has 0 spiro atoms. The SMILES string of the molecule is CCCN1CCC[C@H]2c3cccc(OC(=O)c4ccccc4)c3OC[C@@H]21. The van der Waals surface area contributed by atoms with Gasteiger partial charge in [-0.25, -0.2) is 4.79 Å². The second-order valence-electron chi connectivity index (χ2n) is 7.09. The maximum Gasteiger partial charge on any atom is 0.343 e. The Morgan fingerprint density at radius 2 is 2.04 bits per heavy atom. The molecule has 2 aliphatic rings. The summed E-state index contributed by atoms with van der Waals surface area (Å²) in [6.07, 6.45) is 3.52. The molecule has 2 aromatic rings. The molecule has 4 nitrogen and oxygen atoms in total. The maximum absolute atomic E-state index is 12.4. The van der Waals surface area contributed by atoms with Crippen LogP contribution in [0.25, 0.3) is 0 Å². The van der Waals surface area contributed by atoms with Crippen LogP contribution in [-0.2, 0) is 0 Å². The average Bonchev–Trinajstić information content (AvgIpc) is 2.69. The van der Waals surface area contributed by atoms with Crippen LogP contribution in [0.3, 0.4) is 0 Å². The highest BCUT2D eigenvalue weighted by molar-refractivity contribution is 5.91. The smallest absolute Gasteiger partial charge is 0.343 e. The van der Waals surface area contributed by atoms with Gasteiger partial charge in [0.05, 0.1) is 11.6 Å². The van der Waals surface area contributed by atoms with Gasteiger partial charge >= 0.3 is 5.97 Å². The topological polar surface area (TPSA) is 38.8 Å². The molecule has 0 unspecified atom stereocenters. The van der Waals surface area contributed by atoms with Gasteiger partial charge in [-0.2, -0.15) is 0 Å². The molecule has 136 valence electrons. The first kappa shape index (κ1) is 17.1. The minimum absolute atomic E-state index is 0.346. The Labute approximate surface area is 154 Å². The fourth-order valence-corrected chi connectivity index (χ4v) is 4.24. The molecule has 0 saturated carbocycles. The van der Waals surface area contributed by atoms with Crippen molar-refractivity contribution >= 4 is 5.97 Å². The van der Waals surface area contributed by atoms with E-state index in [2.05, 4.69) is 17.9 Å². The molecule has 0 radical (unpaired) electrons. The van der Waals surface area contributed by atoms with Crippen molar-refractivity contribution < 1.29 is 14.3 Å². The van der Waals surface area contributed by atoms with Crippen LogP contribution in [0, 0.1) is 0 Å². The van der Waals surface area contributed by atoms with Crippen LogP contribution < -0.4 is 9.47 Å². The third-order valence-corrected chi connectivity index (χ3v) is 5.42. The zero-order valence-electron chi connectivity index (χ0n) is 15.2. The van der Waals surface area contributed by atoms with Gasteiger partial charge in [-0.05, 0) is 50.6 Å². The molecule has 0 amide bonds. The van der Waals surface area contributed by atoms with Gasteiger partial charge < -0.3 is 9.47 Å². The summed E-state index contributed by atoms with van der Waals surface area (Å²) in [4.78, 5) is 15.0. The predicted octanol–water partition coefficient (Wildman–Crippen LogP) is 4.26. The minimum Gasteiger partial charge on any atom is -0.488 e. The largest absolute Gasteiger partial charge is 0.488 e. The number of carbonyl (C=O) groups is 1. The monoisotopic (exact) mass is 351 g/mol. The molecule has 2 atom stereocenters. The Hall–Kier alpha value is -2.33. The summed E-state index contributed by atoms with van der Waals surface area (Å²) in [6, 6.07) is 15.4. The van der Waals surface area contributed by atoms with Crippen molar-refractivity contribution in [3.63, 3.8) is 0 Å². The second kappa shape index (κ2) is 7.50. The van der Waals surface area contributed by atoms with Crippen LogP contribution in [0.4, 0.5) is 0 Å². The summed E-state index contributed by atoms with van der Waals surface area (Å²) in [5.74, 6) is 1.38. The lowest BCUT2D eigenvalue weighted by molar-refractivity contribution is 0.0603. The molecular weight excluding hydrogens is 326 g/mol. The van der Waals surface area contributed by atoms with E-state index < -0.39 is 0 Å². The number of esters is 1. The molecule has 0 N–H and O–H groups in total. The zero-order valence-corrected chi connectivity index (χ0v) is 15.2. The Morgan fingerprint density at radius 1 is 1.19 bits per heavy atom. The lowest BCUT2D eigenvalue weighted by Gasteiger charge is -2.44. The van der Waals surface area contributed by atoms with E-state index in [9.17, 15) is 4.79 Å². The first-order valence-electron chi connectivity index (χ1n) is 9.55. The van der Waals surface area contributed by atoms with Crippen LogP contribution >= 0.6 is 0 Å². The highest BCUT2D eigenvalue weighted by Crippen LogP contribution is 2.45. The molecule has 0 aliphatic carbocycles. The molecule has 1 saturated heterocycles. The van der Waals surface area contributed by atoms with Crippen molar-refractivity contribution in [2.75, 3.05) is 19.7 Å². The fraction of sp³-hybridized carbons (Fsp3) is 0.409. The predicted molar refractivity (Wildman–Crippen MR) is 101 cm³/mol. The van der Waals surface area contributed by atoms with Gasteiger partial charge in [0.15, 0.2) is 11.5 Å². The van der Waals surface area contributed by atoms with Crippen LogP contribution in [-0.4, -0.2) is 36.6 Å². The number of benzene rings is 2. The van der Waals surface area contributed by atoms with Gasteiger partial charge in [0, 0.05) is 11.5 Å². The fourth-order valence-electron chi connectivity index (χ4n) is 4.24. The van der Waals surface area contributed by atoms with Crippen molar-refractivity contribution in [2.45, 2.75) is 38.1 Å². The lowest BCUT2D eigenvalue weighted by atomic mass is 9.81. The molecule has 0 bridgehead atoms. The summed E-state index contributed by atoms with van der Waals surface area (Å²) < 4.78 is 11.8. The Bertz CT molecular complexity index is 772. The number of carbonyl (C=O) groups excluding carboxylic acids is 1. The quantitative estimate of drug-likeness (QED) is 0.609. The third-order valence-electron chi connectivity index (χ3n) is 5.42. The highest BCUT2D eigenvalue weighted by Gasteiger charge is 2.38. The number of hydrogen-bond donors (Lipinski definition) is 0. The molecule has 4 heteroatoms. The minimum atomic E-state index is -0.346. The van der Waals surface area contributed by atoms with E-state index in [4.69, 9.17) is 9.47 Å². The molecule has 1 fully saturated rings. The summed E-state index contributed by atoms with van der Waals surface area (Å²) in [5, 5.41) is 0. The van der Waals surface area contributed by atoms with E-state index in [0.29, 0.717) is 29.9 Å². The molecule has 4 rings (SSSR count). The van der Waals surface area contributed by atoms with Crippen molar-refractivity contribution in [1.29, 1.82) is 0 Å². The Balaban J connectivity index is 1.59. The summed E-state index contributed by atoms with van der Waals surface area (Å²) in [5.41, 5.74) is 1.73. The van der Waals surface area contributed by atoms with Crippen LogP contribution in [0.5, 0.6) is 11.5 Å². The molecule has 0 aromatic heterocycles. The van der Waals surface area contributed by atoms with E-state index in [-0.39, 0.29) is 5.97 Å². The summed E-state index contributed by atoms with van der Waals surface area (Å²) in [7, 11) is 0. The van der Waals surface area contributed by atoms with E-state index >= 15 is 0 Å². The number of likely N-dealkylation sites (tertiary alicyclic amines) is 1. The number of rotatable bonds is 4. The highest BCUT2D eigenvalue weighted by atomic mass is 16.6. The number of piperidine rings is 1. The van der Waals surface area contributed by atoms with Gasteiger partial charge in [0.25, 0.3) is 0 Å². The Morgan fingerprint density at radius 3 is 2.85 bits per heavy atom. The van der Waals surface area contributed by atoms with Crippen molar-refractivity contribution in [2.24, 2.45) is 0 Å². The third kappa shape index (κ3) is 3.21. The van der Waals surface area contributed by atoms with E-state index in [1.807, 2.05) is 30.3 Å². The first-order chi connectivity index (χ1) is 12.8. The molecule has 26 heavy (non-hydrogen) atoms.